The molecule has 4 aromatic rings. The van der Waals surface area contributed by atoms with Gasteiger partial charge in [0.15, 0.2) is 5.82 Å². The summed E-state index contributed by atoms with van der Waals surface area (Å²) in [5, 5.41) is 7.69. The Kier molecular flexibility index (Phi) is 6.31. The molecule has 0 N–H and O–H groups in total. The van der Waals surface area contributed by atoms with E-state index in [0.717, 1.165) is 22.5 Å². The molecule has 0 unspecified atom stereocenters. The van der Waals surface area contributed by atoms with Crippen LogP contribution in [-0.4, -0.2) is 35.1 Å². The minimum atomic E-state index is 0.582. The second kappa shape index (κ2) is 9.28. The molecule has 0 aliphatic rings. The van der Waals surface area contributed by atoms with E-state index in [1.807, 2.05) is 41.9 Å². The Hall–Kier alpha value is -2.89. The summed E-state index contributed by atoms with van der Waals surface area (Å²) < 4.78 is 12.9. The van der Waals surface area contributed by atoms with Crippen LogP contribution in [0.1, 0.15) is 18.3 Å². The van der Waals surface area contributed by atoms with Crippen molar-refractivity contribution < 1.29 is 9.47 Å². The number of methoxy groups -OCH3 is 1. The molecule has 6 heteroatoms. The molecule has 30 heavy (non-hydrogen) atoms. The third-order valence-corrected chi connectivity index (χ3v) is 5.37. The SMILES string of the molecule is CCOCCn1nc(-c2ccccc2Cl)nc1Cc1cccc2ccc(OC)cc12. The number of ether oxygens (including phenoxy) is 2. The van der Waals surface area contributed by atoms with Crippen molar-refractivity contribution >= 4 is 22.4 Å². The van der Waals surface area contributed by atoms with Gasteiger partial charge in [-0.2, -0.15) is 5.10 Å². The fourth-order valence-corrected chi connectivity index (χ4v) is 3.72. The van der Waals surface area contributed by atoms with Crippen molar-refractivity contribution in [3.63, 3.8) is 0 Å². The number of halogens is 1. The van der Waals surface area contributed by atoms with Gasteiger partial charge in [0.1, 0.15) is 11.6 Å². The van der Waals surface area contributed by atoms with Crippen molar-refractivity contribution in [3.05, 3.63) is 77.1 Å². The largest absolute Gasteiger partial charge is 0.497 e. The average Bonchev–Trinajstić information content (AvgIpc) is 3.16. The zero-order chi connectivity index (χ0) is 20.9. The van der Waals surface area contributed by atoms with Crippen LogP contribution in [0.4, 0.5) is 0 Å². The summed E-state index contributed by atoms with van der Waals surface area (Å²) in [6, 6.07) is 20.1. The van der Waals surface area contributed by atoms with E-state index in [-0.39, 0.29) is 0 Å². The van der Waals surface area contributed by atoms with Crippen LogP contribution in [0.15, 0.2) is 60.7 Å². The molecule has 0 radical (unpaired) electrons. The molecular formula is C24H24ClN3O2. The van der Waals surface area contributed by atoms with Crippen LogP contribution < -0.4 is 4.74 Å². The number of hydrogen-bond acceptors (Lipinski definition) is 4. The van der Waals surface area contributed by atoms with Crippen molar-refractivity contribution in [1.29, 1.82) is 0 Å². The second-order valence-electron chi connectivity index (χ2n) is 6.93. The van der Waals surface area contributed by atoms with Crippen LogP contribution >= 0.6 is 11.6 Å². The van der Waals surface area contributed by atoms with E-state index in [9.17, 15) is 0 Å². The minimum absolute atomic E-state index is 0.582. The van der Waals surface area contributed by atoms with Crippen molar-refractivity contribution in [3.8, 4) is 17.1 Å². The summed E-state index contributed by atoms with van der Waals surface area (Å²) in [5.41, 5.74) is 2.00. The van der Waals surface area contributed by atoms with Crippen molar-refractivity contribution in [1.82, 2.24) is 14.8 Å². The van der Waals surface area contributed by atoms with Gasteiger partial charge in [0, 0.05) is 18.6 Å². The average molecular weight is 422 g/mol. The highest BCUT2D eigenvalue weighted by molar-refractivity contribution is 6.33. The van der Waals surface area contributed by atoms with Crippen molar-refractivity contribution in [2.24, 2.45) is 0 Å². The van der Waals surface area contributed by atoms with Gasteiger partial charge < -0.3 is 9.47 Å². The van der Waals surface area contributed by atoms with E-state index >= 15 is 0 Å². The predicted octanol–water partition coefficient (Wildman–Crippen LogP) is 5.39. The molecule has 0 atom stereocenters. The molecule has 154 valence electrons. The number of hydrogen-bond donors (Lipinski definition) is 0. The number of rotatable bonds is 8. The highest BCUT2D eigenvalue weighted by atomic mass is 35.5. The van der Waals surface area contributed by atoms with E-state index in [0.29, 0.717) is 37.0 Å². The Balaban J connectivity index is 1.74. The Bertz CT molecular complexity index is 1160. The zero-order valence-electron chi connectivity index (χ0n) is 17.1. The molecule has 0 saturated carbocycles. The summed E-state index contributed by atoms with van der Waals surface area (Å²) in [4.78, 5) is 4.85. The standard InChI is InChI=1S/C24H24ClN3O2/c1-3-30-14-13-28-23(26-24(27-28)20-9-4-5-10-22(20)25)15-18-8-6-7-17-11-12-19(29-2)16-21(17)18/h4-12,16H,3,13-15H2,1-2H3. The summed E-state index contributed by atoms with van der Waals surface area (Å²) >= 11 is 6.39. The first kappa shape index (κ1) is 20.4. The third-order valence-electron chi connectivity index (χ3n) is 5.04. The lowest BCUT2D eigenvalue weighted by molar-refractivity contribution is 0.135. The van der Waals surface area contributed by atoms with Crippen LogP contribution in [0.25, 0.3) is 22.2 Å². The molecule has 4 rings (SSSR count). The van der Waals surface area contributed by atoms with Gasteiger partial charge in [-0.1, -0.05) is 48.0 Å². The first-order chi connectivity index (χ1) is 14.7. The Labute approximate surface area is 181 Å². The summed E-state index contributed by atoms with van der Waals surface area (Å²) in [6.45, 7) is 3.87. The monoisotopic (exact) mass is 421 g/mol. The highest BCUT2D eigenvalue weighted by Crippen LogP contribution is 2.28. The Morgan fingerprint density at radius 1 is 1.03 bits per heavy atom. The lowest BCUT2D eigenvalue weighted by Gasteiger charge is -2.10. The normalized spacial score (nSPS) is 11.2. The number of fused-ring (bicyclic) bond motifs is 1. The number of nitrogens with zero attached hydrogens (tertiary/aromatic N) is 3. The molecular weight excluding hydrogens is 398 g/mol. The first-order valence-electron chi connectivity index (χ1n) is 10.0. The number of aromatic nitrogens is 3. The lowest BCUT2D eigenvalue weighted by atomic mass is 10.0. The van der Waals surface area contributed by atoms with Crippen LogP contribution in [0, 0.1) is 0 Å². The van der Waals surface area contributed by atoms with Gasteiger partial charge in [-0.25, -0.2) is 9.67 Å². The van der Waals surface area contributed by atoms with Gasteiger partial charge in [-0.3, -0.25) is 0 Å². The van der Waals surface area contributed by atoms with Gasteiger partial charge >= 0.3 is 0 Å². The van der Waals surface area contributed by atoms with Crippen LogP contribution in [0.2, 0.25) is 5.02 Å². The molecule has 1 aromatic heterocycles. The maximum atomic E-state index is 6.39. The predicted molar refractivity (Wildman–Crippen MR) is 120 cm³/mol. The van der Waals surface area contributed by atoms with E-state index in [1.165, 1.54) is 10.9 Å². The summed E-state index contributed by atoms with van der Waals surface area (Å²) in [6.07, 6.45) is 0.647. The fourth-order valence-electron chi connectivity index (χ4n) is 3.50. The van der Waals surface area contributed by atoms with E-state index in [1.54, 1.807) is 7.11 Å². The molecule has 3 aromatic carbocycles. The Morgan fingerprint density at radius 3 is 2.70 bits per heavy atom. The maximum absolute atomic E-state index is 6.39. The van der Waals surface area contributed by atoms with Crippen LogP contribution in [0.3, 0.4) is 0 Å². The molecule has 0 bridgehead atoms. The lowest BCUT2D eigenvalue weighted by Crippen LogP contribution is -2.11. The van der Waals surface area contributed by atoms with E-state index in [2.05, 4.69) is 30.3 Å². The van der Waals surface area contributed by atoms with Crippen LogP contribution in [0.5, 0.6) is 5.75 Å². The molecule has 5 nitrogen and oxygen atoms in total. The van der Waals surface area contributed by atoms with Gasteiger partial charge in [-0.05, 0) is 47.5 Å². The van der Waals surface area contributed by atoms with E-state index in [4.69, 9.17) is 31.2 Å². The second-order valence-corrected chi connectivity index (χ2v) is 7.34. The number of benzene rings is 3. The smallest absolute Gasteiger partial charge is 0.182 e. The fraction of sp³-hybridized carbons (Fsp3) is 0.250. The van der Waals surface area contributed by atoms with Crippen molar-refractivity contribution in [2.75, 3.05) is 20.3 Å². The molecule has 0 aliphatic heterocycles. The molecule has 0 saturated heterocycles. The molecule has 0 spiro atoms. The molecule has 0 fully saturated rings. The highest BCUT2D eigenvalue weighted by Gasteiger charge is 2.15. The van der Waals surface area contributed by atoms with Gasteiger partial charge in [-0.15, -0.1) is 0 Å². The van der Waals surface area contributed by atoms with E-state index < -0.39 is 0 Å². The molecule has 1 heterocycles. The third kappa shape index (κ3) is 4.32. The van der Waals surface area contributed by atoms with Gasteiger partial charge in [0.2, 0.25) is 0 Å². The molecule has 0 aliphatic carbocycles. The maximum Gasteiger partial charge on any atom is 0.182 e. The summed E-state index contributed by atoms with van der Waals surface area (Å²) in [5.74, 6) is 2.34. The topological polar surface area (TPSA) is 49.2 Å². The molecule has 0 amide bonds. The summed E-state index contributed by atoms with van der Waals surface area (Å²) in [7, 11) is 1.68. The minimum Gasteiger partial charge on any atom is -0.497 e. The zero-order valence-corrected chi connectivity index (χ0v) is 17.9. The Morgan fingerprint density at radius 2 is 1.90 bits per heavy atom. The quantitative estimate of drug-likeness (QED) is 0.358. The first-order valence-corrected chi connectivity index (χ1v) is 10.4. The van der Waals surface area contributed by atoms with Gasteiger partial charge in [0.25, 0.3) is 0 Å². The van der Waals surface area contributed by atoms with Gasteiger partial charge in [0.05, 0.1) is 25.3 Å². The van der Waals surface area contributed by atoms with Crippen LogP contribution in [-0.2, 0) is 17.7 Å². The van der Waals surface area contributed by atoms with Crippen molar-refractivity contribution in [2.45, 2.75) is 19.9 Å².